The van der Waals surface area contributed by atoms with Gasteiger partial charge in [0, 0.05) is 12.6 Å². The number of hydrogen-bond donors (Lipinski definition) is 0. The second-order valence-electron chi connectivity index (χ2n) is 7.03. The number of ether oxygens (including phenoxy) is 1. The molecule has 0 bridgehead atoms. The highest BCUT2D eigenvalue weighted by Gasteiger charge is 2.48. The van der Waals surface area contributed by atoms with Gasteiger partial charge in [-0.2, -0.15) is 0 Å². The highest BCUT2D eigenvalue weighted by molar-refractivity contribution is 6.44. The van der Waals surface area contributed by atoms with Crippen LogP contribution in [0.25, 0.3) is 0 Å². The second-order valence-corrected chi connectivity index (χ2v) is 7.03. The lowest BCUT2D eigenvalue weighted by atomic mass is 10.2. The van der Waals surface area contributed by atoms with Crippen molar-refractivity contribution in [2.45, 2.75) is 38.3 Å². The number of hydrogen-bond acceptors (Lipinski definition) is 5. The largest absolute Gasteiger partial charge is 0.490 e. The Hall–Kier alpha value is -2.67. The summed E-state index contributed by atoms with van der Waals surface area (Å²) in [5, 5.41) is 0. The average Bonchev–Trinajstić information content (AvgIpc) is 3.25. The molecule has 1 aliphatic heterocycles. The minimum atomic E-state index is -0.730. The molecule has 3 rings (SSSR count). The molecule has 0 aromatic heterocycles. The number of benzene rings is 1. The fourth-order valence-electron chi connectivity index (χ4n) is 3.58. The first kappa shape index (κ1) is 19.1. The number of imide groups is 2. The molecule has 2 fully saturated rings. The molecule has 2 aliphatic rings. The van der Waals surface area contributed by atoms with Gasteiger partial charge in [-0.05, 0) is 37.6 Å². The quantitative estimate of drug-likeness (QED) is 0.399. The maximum atomic E-state index is 12.6. The lowest BCUT2D eigenvalue weighted by Gasteiger charge is -2.24. The number of carbonyl (C=O) groups excluding carboxylic acids is 3. The Morgan fingerprint density at radius 2 is 1.81 bits per heavy atom. The molecule has 1 aliphatic carbocycles. The molecule has 144 valence electrons. The van der Waals surface area contributed by atoms with Gasteiger partial charge in [0.2, 0.25) is 0 Å². The summed E-state index contributed by atoms with van der Waals surface area (Å²) in [6, 6.07) is 6.97. The van der Waals surface area contributed by atoms with E-state index in [-0.39, 0.29) is 12.7 Å². The van der Waals surface area contributed by atoms with Crippen LogP contribution in [0.4, 0.5) is 4.79 Å². The number of rotatable bonds is 8. The van der Waals surface area contributed by atoms with E-state index >= 15 is 0 Å². The van der Waals surface area contributed by atoms with Crippen LogP contribution in [0.15, 0.2) is 36.9 Å². The molecule has 4 amide bonds. The van der Waals surface area contributed by atoms with E-state index < -0.39 is 17.8 Å². The molecule has 1 heterocycles. The van der Waals surface area contributed by atoms with Gasteiger partial charge in [0.1, 0.15) is 12.4 Å². The van der Waals surface area contributed by atoms with Crippen molar-refractivity contribution in [3.63, 3.8) is 0 Å². The second kappa shape index (κ2) is 8.35. The molecular weight excluding hydrogens is 346 g/mol. The van der Waals surface area contributed by atoms with E-state index in [1.807, 2.05) is 36.2 Å². The van der Waals surface area contributed by atoms with Gasteiger partial charge in [-0.15, -0.1) is 0 Å². The van der Waals surface area contributed by atoms with Crippen LogP contribution in [0.3, 0.4) is 0 Å². The predicted octanol–water partition coefficient (Wildman–Crippen LogP) is 2.37. The Labute approximate surface area is 159 Å². The lowest BCUT2D eigenvalue weighted by Crippen LogP contribution is -2.42. The zero-order valence-electron chi connectivity index (χ0n) is 15.6. The SMILES string of the molecule is C=CCOc1ccc(CN(C)CN2C(=O)C(=O)N(C3CCCC3)C2=O)cc1. The third-order valence-electron chi connectivity index (χ3n) is 4.90. The zero-order chi connectivity index (χ0) is 19.4. The topological polar surface area (TPSA) is 70.2 Å². The Morgan fingerprint density at radius 1 is 1.15 bits per heavy atom. The van der Waals surface area contributed by atoms with E-state index in [4.69, 9.17) is 4.74 Å². The van der Waals surface area contributed by atoms with Crippen molar-refractivity contribution in [2.75, 3.05) is 20.3 Å². The molecule has 0 spiro atoms. The first-order valence-corrected chi connectivity index (χ1v) is 9.21. The van der Waals surface area contributed by atoms with Crippen LogP contribution < -0.4 is 4.74 Å². The standard InChI is InChI=1S/C20H25N3O4/c1-3-12-27-17-10-8-15(9-11-17)13-21(2)14-22-18(24)19(25)23(20(22)26)16-6-4-5-7-16/h3,8-11,16H,1,4-7,12-14H2,2H3. The minimum Gasteiger partial charge on any atom is -0.490 e. The van der Waals surface area contributed by atoms with Crippen molar-refractivity contribution in [2.24, 2.45) is 0 Å². The molecule has 7 nitrogen and oxygen atoms in total. The number of amides is 4. The summed E-state index contributed by atoms with van der Waals surface area (Å²) in [7, 11) is 1.81. The van der Waals surface area contributed by atoms with Crippen LogP contribution in [-0.2, 0) is 16.1 Å². The molecule has 1 aromatic rings. The van der Waals surface area contributed by atoms with Crippen LogP contribution >= 0.6 is 0 Å². The number of urea groups is 1. The average molecular weight is 371 g/mol. The Morgan fingerprint density at radius 3 is 2.44 bits per heavy atom. The smallest absolute Gasteiger partial charge is 0.335 e. The van der Waals surface area contributed by atoms with E-state index in [1.165, 1.54) is 0 Å². The summed E-state index contributed by atoms with van der Waals surface area (Å²) in [6.07, 6.45) is 5.23. The summed E-state index contributed by atoms with van der Waals surface area (Å²) in [5.74, 6) is -0.667. The molecule has 27 heavy (non-hydrogen) atoms. The lowest BCUT2D eigenvalue weighted by molar-refractivity contribution is -0.144. The van der Waals surface area contributed by atoms with Crippen molar-refractivity contribution >= 4 is 17.8 Å². The van der Waals surface area contributed by atoms with E-state index in [2.05, 4.69) is 6.58 Å². The van der Waals surface area contributed by atoms with Gasteiger partial charge in [-0.1, -0.05) is 37.6 Å². The molecule has 0 N–H and O–H groups in total. The van der Waals surface area contributed by atoms with Gasteiger partial charge in [0.25, 0.3) is 0 Å². The van der Waals surface area contributed by atoms with Crippen LogP contribution in [0, 0.1) is 0 Å². The van der Waals surface area contributed by atoms with Crippen molar-refractivity contribution in [1.82, 2.24) is 14.7 Å². The summed E-state index contributed by atoms with van der Waals surface area (Å²) in [5.41, 5.74) is 1.02. The fraction of sp³-hybridized carbons (Fsp3) is 0.450. The van der Waals surface area contributed by atoms with Crippen LogP contribution in [0.1, 0.15) is 31.2 Å². The molecular formula is C20H25N3O4. The van der Waals surface area contributed by atoms with Crippen molar-refractivity contribution < 1.29 is 19.1 Å². The Balaban J connectivity index is 1.59. The monoisotopic (exact) mass is 371 g/mol. The highest BCUT2D eigenvalue weighted by atomic mass is 16.5. The summed E-state index contributed by atoms with van der Waals surface area (Å²) in [4.78, 5) is 41.2. The van der Waals surface area contributed by atoms with Crippen molar-refractivity contribution in [1.29, 1.82) is 0 Å². The number of carbonyl (C=O) groups is 3. The molecule has 1 saturated heterocycles. The van der Waals surface area contributed by atoms with E-state index in [0.29, 0.717) is 13.2 Å². The summed E-state index contributed by atoms with van der Waals surface area (Å²) in [6.45, 7) is 4.68. The van der Waals surface area contributed by atoms with Gasteiger partial charge in [0.05, 0.1) is 6.67 Å². The first-order chi connectivity index (χ1) is 13.0. The van der Waals surface area contributed by atoms with Crippen LogP contribution in [0.5, 0.6) is 5.75 Å². The van der Waals surface area contributed by atoms with Gasteiger partial charge in [0.15, 0.2) is 0 Å². The van der Waals surface area contributed by atoms with Gasteiger partial charge >= 0.3 is 17.8 Å². The highest BCUT2D eigenvalue weighted by Crippen LogP contribution is 2.27. The zero-order valence-corrected chi connectivity index (χ0v) is 15.6. The van der Waals surface area contributed by atoms with Gasteiger partial charge in [-0.25, -0.2) is 9.69 Å². The number of nitrogens with zero attached hydrogens (tertiary/aromatic N) is 3. The van der Waals surface area contributed by atoms with Crippen LogP contribution in [-0.4, -0.2) is 58.9 Å². The van der Waals surface area contributed by atoms with E-state index in [0.717, 1.165) is 46.8 Å². The third-order valence-corrected chi connectivity index (χ3v) is 4.90. The maximum Gasteiger partial charge on any atom is 0.335 e. The molecule has 0 unspecified atom stereocenters. The van der Waals surface area contributed by atoms with E-state index in [9.17, 15) is 14.4 Å². The van der Waals surface area contributed by atoms with Crippen LogP contribution in [0.2, 0.25) is 0 Å². The molecule has 0 radical (unpaired) electrons. The van der Waals surface area contributed by atoms with Gasteiger partial charge in [-0.3, -0.25) is 19.4 Å². The minimum absolute atomic E-state index is 0.0847. The Kier molecular flexibility index (Phi) is 5.91. The summed E-state index contributed by atoms with van der Waals surface area (Å²) < 4.78 is 5.45. The normalized spacial score (nSPS) is 18.1. The Bertz CT molecular complexity index is 725. The third kappa shape index (κ3) is 4.19. The van der Waals surface area contributed by atoms with Gasteiger partial charge < -0.3 is 4.74 Å². The molecule has 1 aromatic carbocycles. The molecule has 7 heteroatoms. The maximum absolute atomic E-state index is 12.6. The fourth-order valence-corrected chi connectivity index (χ4v) is 3.58. The molecule has 1 saturated carbocycles. The first-order valence-electron chi connectivity index (χ1n) is 9.21. The van der Waals surface area contributed by atoms with Crippen molar-refractivity contribution in [3.05, 3.63) is 42.5 Å². The predicted molar refractivity (Wildman–Crippen MR) is 99.8 cm³/mol. The summed E-state index contributed by atoms with van der Waals surface area (Å²) >= 11 is 0. The van der Waals surface area contributed by atoms with E-state index in [1.54, 1.807) is 6.08 Å². The molecule has 0 atom stereocenters. The van der Waals surface area contributed by atoms with Crippen molar-refractivity contribution in [3.8, 4) is 5.75 Å².